The fraction of sp³-hybridized carbons (Fsp3) is 0.625. The third-order valence-corrected chi connectivity index (χ3v) is 4.06. The maximum Gasteiger partial charge on any atom is 0.401 e. The fourth-order valence-electron chi connectivity index (χ4n) is 2.93. The Balaban J connectivity index is 1.79. The van der Waals surface area contributed by atoms with Crippen molar-refractivity contribution in [3.05, 3.63) is 24.3 Å². The summed E-state index contributed by atoms with van der Waals surface area (Å²) >= 11 is 0. The van der Waals surface area contributed by atoms with Crippen LogP contribution in [0.1, 0.15) is 19.8 Å². The molecule has 0 spiro atoms. The van der Waals surface area contributed by atoms with E-state index in [-0.39, 0.29) is 6.04 Å². The predicted molar refractivity (Wildman–Crippen MR) is 81.5 cm³/mol. The lowest BCUT2D eigenvalue weighted by Crippen LogP contribution is -2.36. The highest BCUT2D eigenvalue weighted by molar-refractivity contribution is 5.49. The minimum absolute atomic E-state index is 0.123. The molecule has 1 aromatic rings. The van der Waals surface area contributed by atoms with Gasteiger partial charge in [0.15, 0.2) is 0 Å². The zero-order valence-electron chi connectivity index (χ0n) is 13.0. The van der Waals surface area contributed by atoms with Crippen molar-refractivity contribution in [2.45, 2.75) is 32.0 Å². The smallest absolute Gasteiger partial charge is 0.401 e. The Hall–Kier alpha value is -1.43. The van der Waals surface area contributed by atoms with Crippen LogP contribution in [0, 0.1) is 5.92 Å². The van der Waals surface area contributed by atoms with Gasteiger partial charge in [-0.2, -0.15) is 13.2 Å². The number of nitrogens with zero attached hydrogens (tertiary/aromatic N) is 1. The molecule has 2 atom stereocenters. The van der Waals surface area contributed by atoms with Crippen molar-refractivity contribution in [2.75, 3.05) is 31.6 Å². The number of halogens is 3. The molecule has 1 fully saturated rings. The lowest BCUT2D eigenvalue weighted by molar-refractivity contribution is -0.126. The number of alkyl halides is 3. The number of hydrogen-bond donors (Lipinski definition) is 1. The van der Waals surface area contributed by atoms with E-state index >= 15 is 0 Å². The summed E-state index contributed by atoms with van der Waals surface area (Å²) < 4.78 is 41.7. The molecule has 1 heterocycles. The van der Waals surface area contributed by atoms with Crippen LogP contribution in [0.25, 0.3) is 0 Å². The minimum Gasteiger partial charge on any atom is -0.497 e. The first kappa shape index (κ1) is 16.9. The van der Waals surface area contributed by atoms with Crippen molar-refractivity contribution < 1.29 is 17.9 Å². The molecule has 2 unspecified atom stereocenters. The van der Waals surface area contributed by atoms with Gasteiger partial charge in [-0.05, 0) is 49.9 Å². The van der Waals surface area contributed by atoms with Crippen LogP contribution < -0.4 is 15.0 Å². The third kappa shape index (κ3) is 5.09. The summed E-state index contributed by atoms with van der Waals surface area (Å²) in [7, 11) is 1.64. The molecule has 1 N–H and O–H groups in total. The molecule has 0 aromatic heterocycles. The molecular formula is C16H23F3N2O. The van der Waals surface area contributed by atoms with E-state index in [4.69, 9.17) is 4.74 Å². The summed E-state index contributed by atoms with van der Waals surface area (Å²) in [6, 6.07) is 7.77. The Kier molecular flexibility index (Phi) is 5.56. The van der Waals surface area contributed by atoms with Crippen LogP contribution in [0.2, 0.25) is 0 Å². The Morgan fingerprint density at radius 1 is 1.32 bits per heavy atom. The maximum absolute atomic E-state index is 12.2. The number of methoxy groups -OCH3 is 1. The van der Waals surface area contributed by atoms with E-state index < -0.39 is 12.7 Å². The van der Waals surface area contributed by atoms with Gasteiger partial charge in [-0.3, -0.25) is 0 Å². The third-order valence-electron chi connectivity index (χ3n) is 4.06. The van der Waals surface area contributed by atoms with E-state index in [2.05, 4.69) is 10.2 Å². The number of nitrogens with one attached hydrogen (secondary N) is 1. The minimum atomic E-state index is -4.14. The van der Waals surface area contributed by atoms with Crippen LogP contribution in [0.5, 0.6) is 5.75 Å². The Labute approximate surface area is 129 Å². The molecule has 1 aliphatic heterocycles. The second-order valence-electron chi connectivity index (χ2n) is 5.93. The monoisotopic (exact) mass is 316 g/mol. The predicted octanol–water partition coefficient (Wildman–Crippen LogP) is 3.45. The summed E-state index contributed by atoms with van der Waals surface area (Å²) in [6.07, 6.45) is -2.36. The zero-order valence-corrected chi connectivity index (χ0v) is 13.0. The highest BCUT2D eigenvalue weighted by Gasteiger charge is 2.29. The molecule has 0 saturated carbocycles. The average molecular weight is 316 g/mol. The molecule has 0 bridgehead atoms. The number of rotatable bonds is 6. The largest absolute Gasteiger partial charge is 0.497 e. The van der Waals surface area contributed by atoms with Crippen LogP contribution >= 0.6 is 0 Å². The van der Waals surface area contributed by atoms with Crippen molar-refractivity contribution in [3.63, 3.8) is 0 Å². The van der Waals surface area contributed by atoms with Gasteiger partial charge in [-0.25, -0.2) is 0 Å². The van der Waals surface area contributed by atoms with Crippen LogP contribution in [0.4, 0.5) is 18.9 Å². The van der Waals surface area contributed by atoms with Gasteiger partial charge in [0, 0.05) is 24.8 Å². The van der Waals surface area contributed by atoms with Crippen molar-refractivity contribution in [1.82, 2.24) is 5.32 Å². The lowest BCUT2D eigenvalue weighted by Gasteiger charge is -2.21. The quantitative estimate of drug-likeness (QED) is 0.870. The summed E-state index contributed by atoms with van der Waals surface area (Å²) in [5.41, 5.74) is 1.14. The van der Waals surface area contributed by atoms with Gasteiger partial charge in [0.2, 0.25) is 0 Å². The van der Waals surface area contributed by atoms with Crippen LogP contribution in [-0.2, 0) is 0 Å². The van der Waals surface area contributed by atoms with Crippen LogP contribution in [0.15, 0.2) is 24.3 Å². The van der Waals surface area contributed by atoms with Crippen molar-refractivity contribution in [1.29, 1.82) is 0 Å². The number of anilines is 1. The van der Waals surface area contributed by atoms with E-state index in [1.165, 1.54) is 0 Å². The van der Waals surface area contributed by atoms with Gasteiger partial charge in [0.1, 0.15) is 5.75 Å². The highest BCUT2D eigenvalue weighted by Crippen LogP contribution is 2.28. The van der Waals surface area contributed by atoms with Gasteiger partial charge in [-0.15, -0.1) is 0 Å². The maximum atomic E-state index is 12.2. The van der Waals surface area contributed by atoms with Gasteiger partial charge in [0.25, 0.3) is 0 Å². The van der Waals surface area contributed by atoms with E-state index in [0.29, 0.717) is 5.92 Å². The summed E-state index contributed by atoms with van der Waals surface area (Å²) in [5.74, 6) is 1.25. The van der Waals surface area contributed by atoms with Crippen LogP contribution in [-0.4, -0.2) is 39.0 Å². The number of benzene rings is 1. The molecule has 124 valence electrons. The second kappa shape index (κ2) is 7.22. The lowest BCUT2D eigenvalue weighted by atomic mass is 10.00. The summed E-state index contributed by atoms with van der Waals surface area (Å²) in [4.78, 5) is 2.28. The second-order valence-corrected chi connectivity index (χ2v) is 5.93. The van der Waals surface area contributed by atoms with Crippen molar-refractivity contribution in [3.8, 4) is 5.75 Å². The number of hydrogen-bond acceptors (Lipinski definition) is 3. The topological polar surface area (TPSA) is 24.5 Å². The van der Waals surface area contributed by atoms with Crippen molar-refractivity contribution >= 4 is 5.69 Å². The highest BCUT2D eigenvalue weighted by atomic mass is 19.4. The Morgan fingerprint density at radius 3 is 2.59 bits per heavy atom. The molecule has 2 rings (SSSR count). The Bertz CT molecular complexity index is 461. The molecule has 22 heavy (non-hydrogen) atoms. The first-order valence-corrected chi connectivity index (χ1v) is 7.56. The molecule has 1 saturated heterocycles. The summed E-state index contributed by atoms with van der Waals surface area (Å²) in [6.45, 7) is 2.75. The molecule has 3 nitrogen and oxygen atoms in total. The molecule has 0 aliphatic carbocycles. The van der Waals surface area contributed by atoms with E-state index in [1.807, 2.05) is 31.2 Å². The van der Waals surface area contributed by atoms with Gasteiger partial charge < -0.3 is 15.0 Å². The Morgan fingerprint density at radius 2 is 2.00 bits per heavy atom. The normalized spacial score (nSPS) is 20.2. The van der Waals surface area contributed by atoms with E-state index in [9.17, 15) is 13.2 Å². The zero-order chi connectivity index (χ0) is 16.2. The molecule has 1 aliphatic rings. The SMILES string of the molecule is COc1ccc(N2CCC(CC(C)NCC(F)(F)F)C2)cc1. The van der Waals surface area contributed by atoms with Gasteiger partial charge in [0.05, 0.1) is 13.7 Å². The molecule has 6 heteroatoms. The van der Waals surface area contributed by atoms with Crippen LogP contribution in [0.3, 0.4) is 0 Å². The molecule has 1 aromatic carbocycles. The standard InChI is InChI=1S/C16H23F3N2O/c1-12(20-11-16(17,18)19)9-13-7-8-21(10-13)14-3-5-15(22-2)6-4-14/h3-6,12-13,20H,7-11H2,1-2H3. The molecule has 0 radical (unpaired) electrons. The first-order chi connectivity index (χ1) is 10.4. The van der Waals surface area contributed by atoms with E-state index in [1.54, 1.807) is 7.11 Å². The van der Waals surface area contributed by atoms with Gasteiger partial charge >= 0.3 is 6.18 Å². The number of ether oxygens (including phenoxy) is 1. The van der Waals surface area contributed by atoms with Crippen molar-refractivity contribution in [2.24, 2.45) is 5.92 Å². The molecule has 0 amide bonds. The average Bonchev–Trinajstić information content (AvgIpc) is 2.93. The summed E-state index contributed by atoms with van der Waals surface area (Å²) in [5, 5.41) is 2.56. The van der Waals surface area contributed by atoms with Gasteiger partial charge in [-0.1, -0.05) is 0 Å². The fourth-order valence-corrected chi connectivity index (χ4v) is 2.93. The molecular weight excluding hydrogens is 293 g/mol. The first-order valence-electron chi connectivity index (χ1n) is 7.56. The van der Waals surface area contributed by atoms with E-state index in [0.717, 1.165) is 37.4 Å².